The van der Waals surface area contributed by atoms with Gasteiger partial charge in [-0.1, -0.05) is 18.5 Å². The van der Waals surface area contributed by atoms with Crippen LogP contribution in [0.3, 0.4) is 0 Å². The van der Waals surface area contributed by atoms with Crippen LogP contribution in [0.5, 0.6) is 0 Å². The predicted molar refractivity (Wildman–Crippen MR) is 68.9 cm³/mol. The number of ether oxygens (including phenoxy) is 1. The molecule has 1 unspecified atom stereocenters. The third kappa shape index (κ3) is 3.96. The minimum absolute atomic E-state index is 0.0499. The fourth-order valence-corrected chi connectivity index (χ4v) is 1.91. The second-order valence-electron chi connectivity index (χ2n) is 4.11. The summed E-state index contributed by atoms with van der Waals surface area (Å²) in [5, 5.41) is 4.98. The summed E-state index contributed by atoms with van der Waals surface area (Å²) < 4.78 is 7.27. The zero-order chi connectivity index (χ0) is 12.8. The maximum absolute atomic E-state index is 6.18. The van der Waals surface area contributed by atoms with E-state index in [1.165, 1.54) is 0 Å². The third-order valence-corrected chi connectivity index (χ3v) is 3.10. The number of hydrazine groups is 1. The van der Waals surface area contributed by atoms with Gasteiger partial charge in [0.05, 0.1) is 23.0 Å². The molecule has 0 spiro atoms. The van der Waals surface area contributed by atoms with Crippen LogP contribution in [0.2, 0.25) is 5.02 Å². The topological polar surface area (TPSA) is 65.1 Å². The highest BCUT2D eigenvalue weighted by molar-refractivity contribution is 6.31. The van der Waals surface area contributed by atoms with E-state index in [0.717, 1.165) is 24.4 Å². The molecule has 17 heavy (non-hydrogen) atoms. The third-order valence-electron chi connectivity index (χ3n) is 2.60. The average Bonchev–Trinajstić information content (AvgIpc) is 2.54. The van der Waals surface area contributed by atoms with Crippen molar-refractivity contribution in [2.75, 3.05) is 13.2 Å². The Morgan fingerprint density at radius 1 is 1.59 bits per heavy atom. The summed E-state index contributed by atoms with van der Waals surface area (Å²) in [5.74, 6) is 5.51. The molecular formula is C11H21ClN4O. The summed E-state index contributed by atoms with van der Waals surface area (Å²) in [6, 6.07) is 0.0499. The van der Waals surface area contributed by atoms with E-state index < -0.39 is 0 Å². The van der Waals surface area contributed by atoms with Gasteiger partial charge in [-0.25, -0.2) is 0 Å². The minimum atomic E-state index is 0.0499. The van der Waals surface area contributed by atoms with Gasteiger partial charge in [-0.05, 0) is 13.3 Å². The Kier molecular flexibility index (Phi) is 5.91. The van der Waals surface area contributed by atoms with Crippen LogP contribution in [0.25, 0.3) is 0 Å². The molecule has 0 aliphatic rings. The molecule has 1 atom stereocenters. The van der Waals surface area contributed by atoms with Gasteiger partial charge in [0.1, 0.15) is 0 Å². The number of halogens is 1. The second-order valence-corrected chi connectivity index (χ2v) is 4.49. The molecule has 98 valence electrons. The largest absolute Gasteiger partial charge is 0.380 e. The first kappa shape index (κ1) is 14.4. The van der Waals surface area contributed by atoms with E-state index in [2.05, 4.69) is 17.4 Å². The van der Waals surface area contributed by atoms with Gasteiger partial charge in [-0.3, -0.25) is 16.0 Å². The highest BCUT2D eigenvalue weighted by atomic mass is 35.5. The Labute approximate surface area is 107 Å². The van der Waals surface area contributed by atoms with Crippen LogP contribution in [0, 0.1) is 6.92 Å². The minimum Gasteiger partial charge on any atom is -0.380 e. The van der Waals surface area contributed by atoms with Crippen molar-refractivity contribution in [2.45, 2.75) is 32.7 Å². The first-order valence-corrected chi connectivity index (χ1v) is 6.19. The van der Waals surface area contributed by atoms with Crippen molar-refractivity contribution in [3.8, 4) is 0 Å². The molecule has 6 heteroatoms. The van der Waals surface area contributed by atoms with Crippen molar-refractivity contribution >= 4 is 11.6 Å². The van der Waals surface area contributed by atoms with Crippen LogP contribution in [-0.2, 0) is 18.2 Å². The number of nitrogens with two attached hydrogens (primary N) is 1. The maximum Gasteiger partial charge on any atom is 0.0847 e. The molecule has 0 amide bonds. The van der Waals surface area contributed by atoms with E-state index in [1.54, 1.807) is 4.68 Å². The monoisotopic (exact) mass is 260 g/mol. The lowest BCUT2D eigenvalue weighted by Gasteiger charge is -2.16. The highest BCUT2D eigenvalue weighted by Crippen LogP contribution is 2.20. The van der Waals surface area contributed by atoms with Crippen molar-refractivity contribution in [1.82, 2.24) is 15.2 Å². The first-order chi connectivity index (χ1) is 8.10. The summed E-state index contributed by atoms with van der Waals surface area (Å²) in [4.78, 5) is 0. The average molecular weight is 261 g/mol. The van der Waals surface area contributed by atoms with Crippen molar-refractivity contribution in [3.05, 3.63) is 16.4 Å². The number of hydrogen-bond donors (Lipinski definition) is 2. The lowest BCUT2D eigenvalue weighted by Crippen LogP contribution is -2.40. The maximum atomic E-state index is 6.18. The molecule has 0 fully saturated rings. The van der Waals surface area contributed by atoms with Gasteiger partial charge in [-0.15, -0.1) is 0 Å². The lowest BCUT2D eigenvalue weighted by atomic mass is 10.1. The van der Waals surface area contributed by atoms with Crippen LogP contribution >= 0.6 is 11.6 Å². The van der Waals surface area contributed by atoms with Gasteiger partial charge < -0.3 is 4.74 Å². The lowest BCUT2D eigenvalue weighted by molar-refractivity contribution is 0.111. The summed E-state index contributed by atoms with van der Waals surface area (Å²) in [7, 11) is 1.88. The number of nitrogens with zero attached hydrogens (tertiary/aromatic N) is 2. The molecule has 0 aromatic carbocycles. The van der Waals surface area contributed by atoms with Crippen LogP contribution in [0.15, 0.2) is 0 Å². The SMILES string of the molecule is CCCOCC(Cc1c(Cl)c(C)nn1C)NN. The molecule has 1 aromatic rings. The van der Waals surface area contributed by atoms with Gasteiger partial charge in [0, 0.05) is 26.1 Å². The van der Waals surface area contributed by atoms with Crippen LogP contribution < -0.4 is 11.3 Å². The summed E-state index contributed by atoms with van der Waals surface area (Å²) >= 11 is 6.18. The Morgan fingerprint density at radius 3 is 2.76 bits per heavy atom. The van der Waals surface area contributed by atoms with Gasteiger partial charge in [0.2, 0.25) is 0 Å². The smallest absolute Gasteiger partial charge is 0.0847 e. The van der Waals surface area contributed by atoms with E-state index in [-0.39, 0.29) is 6.04 Å². The Hall–Kier alpha value is -0.620. The van der Waals surface area contributed by atoms with Crippen molar-refractivity contribution in [1.29, 1.82) is 0 Å². The Morgan fingerprint density at radius 2 is 2.29 bits per heavy atom. The van der Waals surface area contributed by atoms with E-state index in [1.807, 2.05) is 14.0 Å². The van der Waals surface area contributed by atoms with E-state index in [0.29, 0.717) is 18.1 Å². The summed E-state index contributed by atoms with van der Waals surface area (Å²) in [5.41, 5.74) is 4.57. The molecule has 3 N–H and O–H groups in total. The number of hydrogen-bond acceptors (Lipinski definition) is 4. The van der Waals surface area contributed by atoms with Gasteiger partial charge in [0.15, 0.2) is 0 Å². The fourth-order valence-electron chi connectivity index (χ4n) is 1.67. The van der Waals surface area contributed by atoms with Gasteiger partial charge in [0.25, 0.3) is 0 Å². The van der Waals surface area contributed by atoms with E-state index in [4.69, 9.17) is 22.2 Å². The predicted octanol–water partition coefficient (Wildman–Crippen LogP) is 1.18. The van der Waals surface area contributed by atoms with E-state index in [9.17, 15) is 0 Å². The molecule has 0 aliphatic heterocycles. The number of rotatable bonds is 7. The van der Waals surface area contributed by atoms with Crippen LogP contribution in [-0.4, -0.2) is 29.0 Å². The molecule has 0 bridgehead atoms. The quantitative estimate of drug-likeness (QED) is 0.439. The van der Waals surface area contributed by atoms with Gasteiger partial charge in [-0.2, -0.15) is 5.10 Å². The molecule has 0 saturated heterocycles. The molecule has 1 rings (SSSR count). The molecule has 0 radical (unpaired) electrons. The van der Waals surface area contributed by atoms with Crippen molar-refractivity contribution < 1.29 is 4.74 Å². The highest BCUT2D eigenvalue weighted by Gasteiger charge is 2.16. The van der Waals surface area contributed by atoms with Crippen molar-refractivity contribution in [2.24, 2.45) is 12.9 Å². The molecule has 0 aliphatic carbocycles. The number of nitrogens with one attached hydrogen (secondary N) is 1. The number of aryl methyl sites for hydroxylation is 2. The molecule has 0 saturated carbocycles. The summed E-state index contributed by atoms with van der Waals surface area (Å²) in [6.07, 6.45) is 1.71. The van der Waals surface area contributed by atoms with Gasteiger partial charge >= 0.3 is 0 Å². The fraction of sp³-hybridized carbons (Fsp3) is 0.727. The van der Waals surface area contributed by atoms with Crippen molar-refractivity contribution in [3.63, 3.8) is 0 Å². The molecule has 5 nitrogen and oxygen atoms in total. The number of aromatic nitrogens is 2. The Bertz CT molecular complexity index is 353. The second kappa shape index (κ2) is 6.96. The summed E-state index contributed by atoms with van der Waals surface area (Å²) in [6.45, 7) is 5.29. The molecule has 1 heterocycles. The standard InChI is InChI=1S/C11H21ClN4O/c1-4-5-17-7-9(14-13)6-10-11(12)8(2)15-16(10)3/h9,14H,4-7,13H2,1-3H3. The van der Waals surface area contributed by atoms with Crippen LogP contribution in [0.4, 0.5) is 0 Å². The zero-order valence-electron chi connectivity index (χ0n) is 10.7. The van der Waals surface area contributed by atoms with Crippen LogP contribution in [0.1, 0.15) is 24.7 Å². The normalized spacial score (nSPS) is 13.0. The zero-order valence-corrected chi connectivity index (χ0v) is 11.4. The Balaban J connectivity index is 2.60. The molecular weight excluding hydrogens is 240 g/mol. The van der Waals surface area contributed by atoms with E-state index >= 15 is 0 Å². The first-order valence-electron chi connectivity index (χ1n) is 5.82. The molecule has 1 aromatic heterocycles.